The quantitative estimate of drug-likeness (QED) is 0.744. The summed E-state index contributed by atoms with van der Waals surface area (Å²) >= 11 is 0. The standard InChI is InChI=1S/C18H30N2O2/c1-16(2,3)22-15(21)19-12-10-17(13-19)7-5-14(17)20-11-4-6-18(20)8-9-18/h14H,4-13H2,1-3H3/t14?,17-/m0/s1. The van der Waals surface area contributed by atoms with Crippen LogP contribution in [0.2, 0.25) is 0 Å². The Morgan fingerprint density at radius 1 is 1.09 bits per heavy atom. The first-order chi connectivity index (χ1) is 10.3. The van der Waals surface area contributed by atoms with Crippen LogP contribution < -0.4 is 0 Å². The Morgan fingerprint density at radius 3 is 2.45 bits per heavy atom. The molecule has 4 heteroatoms. The van der Waals surface area contributed by atoms with Crippen LogP contribution >= 0.6 is 0 Å². The Kier molecular flexibility index (Phi) is 3.11. The van der Waals surface area contributed by atoms with Crippen LogP contribution in [0.15, 0.2) is 0 Å². The average Bonchev–Trinajstić information content (AvgIpc) is 2.85. The highest BCUT2D eigenvalue weighted by Gasteiger charge is 2.61. The summed E-state index contributed by atoms with van der Waals surface area (Å²) in [5.41, 5.74) is 0.563. The molecule has 4 nitrogen and oxygen atoms in total. The van der Waals surface area contributed by atoms with Crippen LogP contribution in [-0.4, -0.2) is 52.7 Å². The molecule has 2 spiro atoms. The topological polar surface area (TPSA) is 32.8 Å². The van der Waals surface area contributed by atoms with Crippen LogP contribution in [-0.2, 0) is 4.74 Å². The number of carbonyl (C=O) groups is 1. The maximum Gasteiger partial charge on any atom is 0.410 e. The molecule has 0 aromatic heterocycles. The number of rotatable bonds is 1. The fraction of sp³-hybridized carbons (Fsp3) is 0.944. The molecule has 2 aliphatic carbocycles. The number of likely N-dealkylation sites (tertiary alicyclic amines) is 2. The van der Waals surface area contributed by atoms with E-state index in [-0.39, 0.29) is 6.09 Å². The zero-order valence-corrected chi connectivity index (χ0v) is 14.4. The van der Waals surface area contributed by atoms with Gasteiger partial charge in [-0.25, -0.2) is 4.79 Å². The minimum absolute atomic E-state index is 0.113. The van der Waals surface area contributed by atoms with E-state index in [9.17, 15) is 4.79 Å². The van der Waals surface area contributed by atoms with E-state index in [2.05, 4.69) is 4.90 Å². The predicted octanol–water partition coefficient (Wildman–Crippen LogP) is 3.40. The fourth-order valence-electron chi connectivity index (χ4n) is 5.15. The third-order valence-corrected chi connectivity index (χ3v) is 6.51. The normalized spacial score (nSPS) is 36.9. The van der Waals surface area contributed by atoms with Crippen molar-refractivity contribution in [2.24, 2.45) is 5.41 Å². The number of hydrogen-bond acceptors (Lipinski definition) is 3. The zero-order valence-electron chi connectivity index (χ0n) is 14.4. The molecule has 1 amide bonds. The van der Waals surface area contributed by atoms with Crippen molar-refractivity contribution in [2.45, 2.75) is 82.9 Å². The van der Waals surface area contributed by atoms with Crippen LogP contribution in [0.25, 0.3) is 0 Å². The Balaban J connectivity index is 1.42. The summed E-state index contributed by atoms with van der Waals surface area (Å²) in [6.07, 6.45) is 9.30. The van der Waals surface area contributed by atoms with Gasteiger partial charge in [-0.15, -0.1) is 0 Å². The van der Waals surface area contributed by atoms with Gasteiger partial charge in [0.1, 0.15) is 5.60 Å². The molecule has 0 radical (unpaired) electrons. The second kappa shape index (κ2) is 4.62. The van der Waals surface area contributed by atoms with Crippen molar-refractivity contribution >= 4 is 6.09 Å². The van der Waals surface area contributed by atoms with Gasteiger partial charge in [-0.3, -0.25) is 4.90 Å². The van der Waals surface area contributed by atoms with Gasteiger partial charge in [-0.2, -0.15) is 0 Å². The van der Waals surface area contributed by atoms with Gasteiger partial charge in [0.2, 0.25) is 0 Å². The molecule has 0 bridgehead atoms. The molecule has 22 heavy (non-hydrogen) atoms. The van der Waals surface area contributed by atoms with Crippen molar-refractivity contribution in [2.75, 3.05) is 19.6 Å². The van der Waals surface area contributed by atoms with Gasteiger partial charge in [0, 0.05) is 30.1 Å². The van der Waals surface area contributed by atoms with Crippen molar-refractivity contribution in [3.05, 3.63) is 0 Å². The summed E-state index contributed by atoms with van der Waals surface area (Å²) in [6, 6.07) is 0.727. The summed E-state index contributed by atoms with van der Waals surface area (Å²) in [5.74, 6) is 0. The van der Waals surface area contributed by atoms with Crippen molar-refractivity contribution in [1.82, 2.24) is 9.80 Å². The third-order valence-electron chi connectivity index (χ3n) is 6.51. The highest BCUT2D eigenvalue weighted by molar-refractivity contribution is 5.68. The van der Waals surface area contributed by atoms with Gasteiger partial charge in [-0.05, 0) is 72.3 Å². The molecule has 0 N–H and O–H groups in total. The van der Waals surface area contributed by atoms with Crippen LogP contribution in [0.4, 0.5) is 4.79 Å². The van der Waals surface area contributed by atoms with E-state index in [4.69, 9.17) is 4.74 Å². The van der Waals surface area contributed by atoms with Crippen molar-refractivity contribution in [1.29, 1.82) is 0 Å². The molecule has 2 aliphatic heterocycles. The fourth-order valence-corrected chi connectivity index (χ4v) is 5.15. The van der Waals surface area contributed by atoms with E-state index in [0.717, 1.165) is 19.1 Å². The maximum absolute atomic E-state index is 12.3. The molecule has 4 rings (SSSR count). The second-order valence-corrected chi connectivity index (χ2v) is 9.09. The van der Waals surface area contributed by atoms with Crippen LogP contribution in [0.1, 0.15) is 65.7 Å². The highest BCUT2D eigenvalue weighted by atomic mass is 16.6. The van der Waals surface area contributed by atoms with Crippen LogP contribution in [0.5, 0.6) is 0 Å². The summed E-state index contributed by atoms with van der Waals surface area (Å²) in [5, 5.41) is 0. The first-order valence-corrected chi connectivity index (χ1v) is 9.08. The van der Waals surface area contributed by atoms with Crippen molar-refractivity contribution in [3.63, 3.8) is 0 Å². The molecule has 4 fully saturated rings. The van der Waals surface area contributed by atoms with E-state index in [0.29, 0.717) is 11.0 Å². The Labute approximate surface area is 134 Å². The first kappa shape index (κ1) is 14.8. The Morgan fingerprint density at radius 2 is 1.86 bits per heavy atom. The Hall–Kier alpha value is -0.770. The lowest BCUT2D eigenvalue weighted by molar-refractivity contribution is -0.0352. The largest absolute Gasteiger partial charge is 0.444 e. The monoisotopic (exact) mass is 306 g/mol. The van der Waals surface area contributed by atoms with Crippen LogP contribution in [0, 0.1) is 5.41 Å². The van der Waals surface area contributed by atoms with E-state index in [1.807, 2.05) is 25.7 Å². The number of amides is 1. The molecule has 2 saturated carbocycles. The Bertz CT molecular complexity index is 480. The maximum atomic E-state index is 12.3. The van der Waals surface area contributed by atoms with E-state index in [1.165, 1.54) is 51.5 Å². The molecule has 2 atom stereocenters. The summed E-state index contributed by atoms with van der Waals surface area (Å²) in [6.45, 7) is 8.93. The third kappa shape index (κ3) is 2.26. The number of carbonyl (C=O) groups excluding carboxylic acids is 1. The molecular weight excluding hydrogens is 276 g/mol. The minimum Gasteiger partial charge on any atom is -0.444 e. The second-order valence-electron chi connectivity index (χ2n) is 9.09. The van der Waals surface area contributed by atoms with Gasteiger partial charge >= 0.3 is 6.09 Å². The summed E-state index contributed by atoms with van der Waals surface area (Å²) in [4.78, 5) is 17.2. The van der Waals surface area contributed by atoms with Crippen molar-refractivity contribution < 1.29 is 9.53 Å². The smallest absolute Gasteiger partial charge is 0.410 e. The lowest BCUT2D eigenvalue weighted by atomic mass is 9.63. The summed E-state index contributed by atoms with van der Waals surface area (Å²) < 4.78 is 5.57. The van der Waals surface area contributed by atoms with Crippen LogP contribution in [0.3, 0.4) is 0 Å². The van der Waals surface area contributed by atoms with Gasteiger partial charge in [0.15, 0.2) is 0 Å². The molecule has 1 unspecified atom stereocenters. The highest BCUT2D eigenvalue weighted by Crippen LogP contribution is 2.59. The molecule has 0 aromatic carbocycles. The van der Waals surface area contributed by atoms with Crippen molar-refractivity contribution in [3.8, 4) is 0 Å². The first-order valence-electron chi connectivity index (χ1n) is 9.08. The summed E-state index contributed by atoms with van der Waals surface area (Å²) in [7, 11) is 0. The number of nitrogens with zero attached hydrogens (tertiary/aromatic N) is 2. The van der Waals surface area contributed by atoms with E-state index in [1.54, 1.807) is 0 Å². The van der Waals surface area contributed by atoms with Gasteiger partial charge in [0.05, 0.1) is 0 Å². The molecule has 2 saturated heterocycles. The number of hydrogen-bond donors (Lipinski definition) is 0. The lowest BCUT2D eigenvalue weighted by Gasteiger charge is -2.53. The zero-order chi connectivity index (χ0) is 15.6. The van der Waals surface area contributed by atoms with Gasteiger partial charge < -0.3 is 9.64 Å². The van der Waals surface area contributed by atoms with E-state index < -0.39 is 5.60 Å². The number of ether oxygens (including phenoxy) is 1. The SMILES string of the molecule is CC(C)(C)OC(=O)N1CC[C@@]2(CCC2N2CCCC23CC3)C1. The van der Waals surface area contributed by atoms with Gasteiger partial charge in [0.25, 0.3) is 0 Å². The minimum atomic E-state index is -0.390. The molecule has 0 aromatic rings. The van der Waals surface area contributed by atoms with E-state index >= 15 is 0 Å². The molecule has 124 valence electrons. The molecular formula is C18H30N2O2. The lowest BCUT2D eigenvalue weighted by Crippen LogP contribution is -2.58. The average molecular weight is 306 g/mol. The predicted molar refractivity (Wildman–Crippen MR) is 85.8 cm³/mol. The molecule has 2 heterocycles. The van der Waals surface area contributed by atoms with Gasteiger partial charge in [-0.1, -0.05) is 0 Å². The molecule has 4 aliphatic rings.